The fraction of sp³-hybridized carbons (Fsp3) is 0.500. The minimum atomic E-state index is -2.44. The van der Waals surface area contributed by atoms with Gasteiger partial charge < -0.3 is 10.5 Å². The van der Waals surface area contributed by atoms with Crippen molar-refractivity contribution in [3.63, 3.8) is 0 Å². The van der Waals surface area contributed by atoms with Gasteiger partial charge in [-0.05, 0) is 43.5 Å². The topological polar surface area (TPSA) is 35.2 Å². The van der Waals surface area contributed by atoms with E-state index in [0.29, 0.717) is 12.3 Å². The molecular weight excluding hydrogens is 212 g/mol. The Hall–Kier alpha value is -1.16. The SMILES string of the molecule is Cc1cc(CCN)cc(C)c1OCC(F)F. The molecule has 1 aromatic carbocycles. The van der Waals surface area contributed by atoms with Crippen LogP contribution in [-0.2, 0) is 6.42 Å². The molecule has 0 heterocycles. The molecule has 0 atom stereocenters. The lowest BCUT2D eigenvalue weighted by atomic mass is 10.0. The standard InChI is InChI=1S/C12H17F2NO/c1-8-5-10(3-4-15)6-9(2)12(8)16-7-11(13)14/h5-6,11H,3-4,7,15H2,1-2H3. The van der Waals surface area contributed by atoms with Crippen molar-refractivity contribution in [2.45, 2.75) is 26.7 Å². The maximum atomic E-state index is 12.0. The maximum absolute atomic E-state index is 12.0. The smallest absolute Gasteiger partial charge is 0.272 e. The molecule has 1 rings (SSSR count). The normalized spacial score (nSPS) is 10.9. The molecule has 2 nitrogen and oxygen atoms in total. The van der Waals surface area contributed by atoms with E-state index in [-0.39, 0.29) is 0 Å². The molecule has 90 valence electrons. The Labute approximate surface area is 94.4 Å². The average Bonchev–Trinajstić information content (AvgIpc) is 2.16. The fourth-order valence-corrected chi connectivity index (χ4v) is 1.72. The van der Waals surface area contributed by atoms with Crippen molar-refractivity contribution in [2.24, 2.45) is 5.73 Å². The fourth-order valence-electron chi connectivity index (χ4n) is 1.72. The van der Waals surface area contributed by atoms with Crippen molar-refractivity contribution in [1.82, 2.24) is 0 Å². The third kappa shape index (κ3) is 3.45. The van der Waals surface area contributed by atoms with Crippen molar-refractivity contribution in [2.75, 3.05) is 13.2 Å². The Bertz CT molecular complexity index is 330. The first-order chi connectivity index (χ1) is 7.54. The molecule has 0 saturated carbocycles. The van der Waals surface area contributed by atoms with Crippen LogP contribution < -0.4 is 10.5 Å². The predicted octanol–water partition coefficient (Wildman–Crippen LogP) is 2.45. The van der Waals surface area contributed by atoms with Gasteiger partial charge in [0, 0.05) is 0 Å². The lowest BCUT2D eigenvalue weighted by molar-refractivity contribution is 0.0812. The van der Waals surface area contributed by atoms with E-state index >= 15 is 0 Å². The molecule has 2 N–H and O–H groups in total. The second-order valence-corrected chi connectivity index (χ2v) is 3.80. The number of hydrogen-bond acceptors (Lipinski definition) is 2. The van der Waals surface area contributed by atoms with Crippen molar-refractivity contribution in [1.29, 1.82) is 0 Å². The number of aryl methyl sites for hydroxylation is 2. The van der Waals surface area contributed by atoms with Gasteiger partial charge in [-0.25, -0.2) is 8.78 Å². The summed E-state index contributed by atoms with van der Waals surface area (Å²) in [5, 5.41) is 0. The summed E-state index contributed by atoms with van der Waals surface area (Å²) in [4.78, 5) is 0. The minimum Gasteiger partial charge on any atom is -0.487 e. The van der Waals surface area contributed by atoms with Crippen LogP contribution in [0, 0.1) is 13.8 Å². The zero-order valence-corrected chi connectivity index (χ0v) is 9.59. The van der Waals surface area contributed by atoms with Gasteiger partial charge in [-0.2, -0.15) is 0 Å². The summed E-state index contributed by atoms with van der Waals surface area (Å²) in [5.74, 6) is 0.557. The molecule has 0 bridgehead atoms. The van der Waals surface area contributed by atoms with Gasteiger partial charge in [0.05, 0.1) is 0 Å². The van der Waals surface area contributed by atoms with Crippen LogP contribution in [0.1, 0.15) is 16.7 Å². The molecule has 4 heteroatoms. The Balaban J connectivity index is 2.85. The zero-order valence-electron chi connectivity index (χ0n) is 9.59. The zero-order chi connectivity index (χ0) is 12.1. The molecule has 16 heavy (non-hydrogen) atoms. The highest BCUT2D eigenvalue weighted by atomic mass is 19.3. The van der Waals surface area contributed by atoms with Crippen LogP contribution in [0.3, 0.4) is 0 Å². The Morgan fingerprint density at radius 3 is 2.25 bits per heavy atom. The van der Waals surface area contributed by atoms with Crippen molar-refractivity contribution in [3.8, 4) is 5.75 Å². The van der Waals surface area contributed by atoms with Gasteiger partial charge >= 0.3 is 0 Å². The second kappa shape index (κ2) is 5.80. The first-order valence-electron chi connectivity index (χ1n) is 5.25. The van der Waals surface area contributed by atoms with E-state index in [1.54, 1.807) is 0 Å². The lowest BCUT2D eigenvalue weighted by Gasteiger charge is -2.13. The second-order valence-electron chi connectivity index (χ2n) is 3.80. The van der Waals surface area contributed by atoms with Gasteiger partial charge in [0.1, 0.15) is 12.4 Å². The highest BCUT2D eigenvalue weighted by Crippen LogP contribution is 2.25. The van der Waals surface area contributed by atoms with E-state index in [2.05, 4.69) is 0 Å². The highest BCUT2D eigenvalue weighted by Gasteiger charge is 2.09. The van der Waals surface area contributed by atoms with Crippen LogP contribution in [0.5, 0.6) is 5.75 Å². The number of benzene rings is 1. The first-order valence-corrected chi connectivity index (χ1v) is 5.25. The van der Waals surface area contributed by atoms with Gasteiger partial charge in [-0.15, -0.1) is 0 Å². The third-order valence-electron chi connectivity index (χ3n) is 2.31. The van der Waals surface area contributed by atoms with E-state index in [1.165, 1.54) is 0 Å². The molecule has 0 aliphatic heterocycles. The number of alkyl halides is 2. The van der Waals surface area contributed by atoms with Crippen LogP contribution in [0.25, 0.3) is 0 Å². The molecule has 0 unspecified atom stereocenters. The van der Waals surface area contributed by atoms with Crippen LogP contribution in [0.2, 0.25) is 0 Å². The Morgan fingerprint density at radius 2 is 1.81 bits per heavy atom. The Morgan fingerprint density at radius 1 is 1.25 bits per heavy atom. The van der Waals surface area contributed by atoms with E-state index in [0.717, 1.165) is 23.1 Å². The van der Waals surface area contributed by atoms with Crippen LogP contribution in [-0.4, -0.2) is 19.6 Å². The number of hydrogen-bond donors (Lipinski definition) is 1. The van der Waals surface area contributed by atoms with E-state index in [9.17, 15) is 8.78 Å². The summed E-state index contributed by atoms with van der Waals surface area (Å²) >= 11 is 0. The van der Waals surface area contributed by atoms with Crippen LogP contribution in [0.4, 0.5) is 8.78 Å². The number of nitrogens with two attached hydrogens (primary N) is 1. The molecule has 0 radical (unpaired) electrons. The average molecular weight is 229 g/mol. The van der Waals surface area contributed by atoms with E-state index < -0.39 is 13.0 Å². The number of rotatable bonds is 5. The van der Waals surface area contributed by atoms with Gasteiger partial charge in [0.25, 0.3) is 6.43 Å². The quantitative estimate of drug-likeness (QED) is 0.841. The monoisotopic (exact) mass is 229 g/mol. The van der Waals surface area contributed by atoms with Gasteiger partial charge in [0.2, 0.25) is 0 Å². The van der Waals surface area contributed by atoms with Gasteiger partial charge in [-0.3, -0.25) is 0 Å². The number of ether oxygens (including phenoxy) is 1. The van der Waals surface area contributed by atoms with Crippen molar-refractivity contribution < 1.29 is 13.5 Å². The summed E-state index contributed by atoms with van der Waals surface area (Å²) in [5.41, 5.74) is 8.34. The van der Waals surface area contributed by atoms with Crippen LogP contribution in [0.15, 0.2) is 12.1 Å². The van der Waals surface area contributed by atoms with Crippen molar-refractivity contribution >= 4 is 0 Å². The molecule has 0 aliphatic carbocycles. The maximum Gasteiger partial charge on any atom is 0.272 e. The lowest BCUT2D eigenvalue weighted by Crippen LogP contribution is -2.09. The Kier molecular flexibility index (Phi) is 4.68. The minimum absolute atomic E-state index is 0.557. The summed E-state index contributed by atoms with van der Waals surface area (Å²) in [6.07, 6.45) is -1.65. The molecule has 0 saturated heterocycles. The van der Waals surface area contributed by atoms with Gasteiger partial charge in [0.15, 0.2) is 0 Å². The molecule has 0 aliphatic rings. The highest BCUT2D eigenvalue weighted by molar-refractivity contribution is 5.43. The van der Waals surface area contributed by atoms with Gasteiger partial charge in [-0.1, -0.05) is 12.1 Å². The third-order valence-corrected chi connectivity index (χ3v) is 2.31. The van der Waals surface area contributed by atoms with E-state index in [4.69, 9.17) is 10.5 Å². The molecular formula is C12H17F2NO. The summed E-state index contributed by atoms with van der Waals surface area (Å²) in [6.45, 7) is 3.73. The van der Waals surface area contributed by atoms with Crippen molar-refractivity contribution in [3.05, 3.63) is 28.8 Å². The molecule has 0 aromatic heterocycles. The molecule has 0 spiro atoms. The summed E-state index contributed by atoms with van der Waals surface area (Å²) in [7, 11) is 0. The summed E-state index contributed by atoms with van der Waals surface area (Å²) < 4.78 is 29.2. The predicted molar refractivity (Wildman–Crippen MR) is 60.2 cm³/mol. The molecule has 0 amide bonds. The number of halogens is 2. The van der Waals surface area contributed by atoms with Crippen LogP contribution >= 0.6 is 0 Å². The van der Waals surface area contributed by atoms with E-state index in [1.807, 2.05) is 26.0 Å². The molecule has 1 aromatic rings. The largest absolute Gasteiger partial charge is 0.487 e. The summed E-state index contributed by atoms with van der Waals surface area (Å²) in [6, 6.07) is 3.86. The first kappa shape index (κ1) is 12.9. The molecule has 0 fully saturated rings.